The second-order valence-corrected chi connectivity index (χ2v) is 7.66. The molecule has 3 rings (SSSR count). The van der Waals surface area contributed by atoms with E-state index in [2.05, 4.69) is 10.6 Å². The van der Waals surface area contributed by atoms with Crippen LogP contribution in [0.4, 0.5) is 5.69 Å². The first kappa shape index (κ1) is 17.3. The molecule has 2 aliphatic heterocycles. The number of rotatable bonds is 5. The molecule has 2 atom stereocenters. The van der Waals surface area contributed by atoms with Gasteiger partial charge in [0.15, 0.2) is 0 Å². The van der Waals surface area contributed by atoms with Gasteiger partial charge in [0, 0.05) is 30.9 Å². The summed E-state index contributed by atoms with van der Waals surface area (Å²) in [6.07, 6.45) is 3.45. The smallest absolute Gasteiger partial charge is 0.234 e. The number of nitrogens with zero attached hydrogens (tertiary/aromatic N) is 1. The van der Waals surface area contributed by atoms with Gasteiger partial charge in [0.25, 0.3) is 0 Å². The number of hydrogen-bond donors (Lipinski definition) is 2. The van der Waals surface area contributed by atoms with E-state index in [1.54, 1.807) is 0 Å². The molecule has 2 N–H and O–H groups in total. The number of hydrogen-bond acceptors (Lipinski definition) is 4. The first-order valence-electron chi connectivity index (χ1n) is 8.58. The lowest BCUT2D eigenvalue weighted by atomic mass is 10.1. The fourth-order valence-electron chi connectivity index (χ4n) is 3.33. The fourth-order valence-corrected chi connectivity index (χ4v) is 4.04. The van der Waals surface area contributed by atoms with Crippen molar-refractivity contribution >= 4 is 29.3 Å². The summed E-state index contributed by atoms with van der Waals surface area (Å²) in [6, 6.07) is 8.75. The van der Waals surface area contributed by atoms with Crippen LogP contribution < -0.4 is 10.6 Å². The van der Waals surface area contributed by atoms with Crippen LogP contribution in [-0.2, 0) is 9.59 Å². The van der Waals surface area contributed by atoms with Crippen molar-refractivity contribution in [3.63, 3.8) is 0 Å². The Hall–Kier alpha value is -1.53. The van der Waals surface area contributed by atoms with E-state index in [0.717, 1.165) is 30.8 Å². The zero-order valence-corrected chi connectivity index (χ0v) is 14.9. The zero-order chi connectivity index (χ0) is 16.9. The van der Waals surface area contributed by atoms with Crippen LogP contribution in [0.2, 0.25) is 0 Å². The normalized spacial score (nSPS) is 23.0. The van der Waals surface area contributed by atoms with E-state index in [9.17, 15) is 9.59 Å². The van der Waals surface area contributed by atoms with Gasteiger partial charge in [-0.2, -0.15) is 0 Å². The summed E-state index contributed by atoms with van der Waals surface area (Å²) in [4.78, 5) is 26.3. The topological polar surface area (TPSA) is 61.4 Å². The minimum absolute atomic E-state index is 0.0618. The molecule has 130 valence electrons. The van der Waals surface area contributed by atoms with E-state index >= 15 is 0 Å². The van der Waals surface area contributed by atoms with E-state index in [1.807, 2.05) is 36.1 Å². The zero-order valence-electron chi connectivity index (χ0n) is 14.1. The highest BCUT2D eigenvalue weighted by atomic mass is 32.2. The second-order valence-electron chi connectivity index (χ2n) is 6.67. The van der Waals surface area contributed by atoms with Crippen molar-refractivity contribution in [2.45, 2.75) is 38.3 Å². The van der Waals surface area contributed by atoms with Gasteiger partial charge in [-0.25, -0.2) is 0 Å². The Kier molecular flexibility index (Phi) is 5.79. The van der Waals surface area contributed by atoms with Crippen molar-refractivity contribution in [2.75, 3.05) is 29.9 Å². The maximum Gasteiger partial charge on any atom is 0.234 e. The molecule has 2 fully saturated rings. The van der Waals surface area contributed by atoms with Crippen molar-refractivity contribution < 1.29 is 9.59 Å². The molecule has 2 unspecified atom stereocenters. The average Bonchev–Trinajstić information content (AvgIpc) is 2.88. The Balaban J connectivity index is 1.38. The van der Waals surface area contributed by atoms with Crippen molar-refractivity contribution in [1.29, 1.82) is 0 Å². The molecule has 0 radical (unpaired) electrons. The van der Waals surface area contributed by atoms with Crippen molar-refractivity contribution in [3.05, 3.63) is 29.8 Å². The van der Waals surface area contributed by atoms with Crippen molar-refractivity contribution in [3.8, 4) is 0 Å². The third-order valence-electron chi connectivity index (χ3n) is 4.67. The van der Waals surface area contributed by atoms with E-state index in [1.165, 1.54) is 24.6 Å². The Morgan fingerprint density at radius 2 is 1.92 bits per heavy atom. The Morgan fingerprint density at radius 1 is 1.17 bits per heavy atom. The Morgan fingerprint density at radius 3 is 2.71 bits per heavy atom. The predicted octanol–water partition coefficient (Wildman–Crippen LogP) is 2.02. The molecule has 0 aromatic heterocycles. The number of carbonyl (C=O) groups is 2. The molecule has 5 nitrogen and oxygen atoms in total. The second kappa shape index (κ2) is 8.03. The molecule has 24 heavy (non-hydrogen) atoms. The highest BCUT2D eigenvalue weighted by molar-refractivity contribution is 8.00. The summed E-state index contributed by atoms with van der Waals surface area (Å²) in [5.74, 6) is 0.766. The summed E-state index contributed by atoms with van der Waals surface area (Å²) < 4.78 is 0. The van der Waals surface area contributed by atoms with Crippen LogP contribution in [0.1, 0.15) is 24.8 Å². The van der Waals surface area contributed by atoms with E-state index in [0.29, 0.717) is 23.6 Å². The molecular formula is C18H25N3O2S. The van der Waals surface area contributed by atoms with Gasteiger partial charge in [-0.15, -0.1) is 11.8 Å². The lowest BCUT2D eigenvalue weighted by molar-refractivity contribution is -0.128. The number of carbonyl (C=O) groups excluding carboxylic acids is 2. The standard InChI is InChI=1S/C18H25N3O2S/c1-13-2-4-14(5-3-13)20-17(22)11-24-12-18(23)21-9-8-15-6-7-16(10-21)19-15/h2-5,15-16,19H,6-12H2,1H3,(H,20,22). The molecule has 2 aliphatic rings. The van der Waals surface area contributed by atoms with Crippen LogP contribution >= 0.6 is 11.8 Å². The van der Waals surface area contributed by atoms with Gasteiger partial charge in [-0.1, -0.05) is 17.7 Å². The van der Waals surface area contributed by atoms with Gasteiger partial charge >= 0.3 is 0 Å². The van der Waals surface area contributed by atoms with E-state index in [4.69, 9.17) is 0 Å². The summed E-state index contributed by atoms with van der Waals surface area (Å²) >= 11 is 1.39. The molecule has 6 heteroatoms. The SMILES string of the molecule is Cc1ccc(NC(=O)CSCC(=O)N2CCC3CCC(C2)N3)cc1. The van der Waals surface area contributed by atoms with Crippen molar-refractivity contribution in [1.82, 2.24) is 10.2 Å². The van der Waals surface area contributed by atoms with Gasteiger partial charge in [0.2, 0.25) is 11.8 Å². The molecule has 1 aromatic carbocycles. The number of benzene rings is 1. The number of anilines is 1. The fraction of sp³-hybridized carbons (Fsp3) is 0.556. The van der Waals surface area contributed by atoms with Crippen molar-refractivity contribution in [2.24, 2.45) is 0 Å². The third-order valence-corrected chi connectivity index (χ3v) is 5.59. The first-order valence-corrected chi connectivity index (χ1v) is 9.74. The monoisotopic (exact) mass is 347 g/mol. The van der Waals surface area contributed by atoms with Crippen LogP contribution in [0.15, 0.2) is 24.3 Å². The minimum Gasteiger partial charge on any atom is -0.340 e. The third kappa shape index (κ3) is 4.74. The quantitative estimate of drug-likeness (QED) is 0.855. The van der Waals surface area contributed by atoms with E-state index in [-0.39, 0.29) is 11.8 Å². The Labute approximate surface area is 147 Å². The van der Waals surface area contributed by atoms with Gasteiger partial charge in [-0.3, -0.25) is 9.59 Å². The molecule has 2 saturated heterocycles. The molecule has 2 heterocycles. The highest BCUT2D eigenvalue weighted by Gasteiger charge is 2.30. The summed E-state index contributed by atoms with van der Waals surface area (Å²) in [6.45, 7) is 3.66. The molecule has 1 aromatic rings. The molecule has 2 bridgehead atoms. The first-order chi connectivity index (χ1) is 11.6. The molecular weight excluding hydrogens is 322 g/mol. The molecule has 0 saturated carbocycles. The van der Waals surface area contributed by atoms with Crippen LogP contribution in [0.25, 0.3) is 0 Å². The molecule has 2 amide bonds. The van der Waals surface area contributed by atoms with Gasteiger partial charge in [0.05, 0.1) is 11.5 Å². The summed E-state index contributed by atoms with van der Waals surface area (Å²) in [7, 11) is 0. The molecule has 0 aliphatic carbocycles. The predicted molar refractivity (Wildman–Crippen MR) is 98.3 cm³/mol. The van der Waals surface area contributed by atoms with E-state index < -0.39 is 0 Å². The van der Waals surface area contributed by atoms with Crippen LogP contribution in [0.3, 0.4) is 0 Å². The van der Waals surface area contributed by atoms with Gasteiger partial charge in [0.1, 0.15) is 0 Å². The largest absolute Gasteiger partial charge is 0.340 e. The van der Waals surface area contributed by atoms with Crippen LogP contribution in [0, 0.1) is 6.92 Å². The number of aryl methyl sites for hydroxylation is 1. The van der Waals surface area contributed by atoms with Gasteiger partial charge < -0.3 is 15.5 Å². The summed E-state index contributed by atoms with van der Waals surface area (Å²) in [5, 5.41) is 6.44. The average molecular weight is 347 g/mol. The number of fused-ring (bicyclic) bond motifs is 2. The van der Waals surface area contributed by atoms with Gasteiger partial charge in [-0.05, 0) is 38.3 Å². The maximum absolute atomic E-state index is 12.4. The van der Waals surface area contributed by atoms with Crippen LogP contribution in [0.5, 0.6) is 0 Å². The lowest BCUT2D eigenvalue weighted by Gasteiger charge is -2.24. The number of likely N-dealkylation sites (tertiary alicyclic amines) is 1. The van der Waals surface area contributed by atoms with Crippen LogP contribution in [-0.4, -0.2) is 53.4 Å². The maximum atomic E-state index is 12.4. The Bertz CT molecular complexity index is 590. The number of nitrogens with one attached hydrogen (secondary N) is 2. The number of thioether (sulfide) groups is 1. The lowest BCUT2D eigenvalue weighted by Crippen LogP contribution is -2.40. The number of amides is 2. The summed E-state index contributed by atoms with van der Waals surface area (Å²) in [5.41, 5.74) is 1.96. The minimum atomic E-state index is -0.0618. The molecule has 0 spiro atoms. The highest BCUT2D eigenvalue weighted by Crippen LogP contribution is 2.21.